The highest BCUT2D eigenvalue weighted by atomic mass is 16.2. The molecule has 2 amide bonds. The second kappa shape index (κ2) is 8.25. The minimum Gasteiger partial charge on any atom is -0.355 e. The van der Waals surface area contributed by atoms with Crippen LogP contribution in [0.5, 0.6) is 0 Å². The van der Waals surface area contributed by atoms with Gasteiger partial charge in [0, 0.05) is 24.2 Å². The van der Waals surface area contributed by atoms with Crippen molar-refractivity contribution in [2.45, 2.75) is 38.5 Å². The minimum atomic E-state index is -0.660. The van der Waals surface area contributed by atoms with Crippen molar-refractivity contribution < 1.29 is 19.2 Å². The van der Waals surface area contributed by atoms with Crippen LogP contribution in [0.2, 0.25) is 0 Å². The molecule has 2 saturated heterocycles. The van der Waals surface area contributed by atoms with E-state index in [2.05, 4.69) is 10.6 Å². The Balaban J connectivity index is 1.73. The number of hydrogen-bond acceptors (Lipinski definition) is 4. The van der Waals surface area contributed by atoms with Crippen molar-refractivity contribution >= 4 is 23.4 Å². The largest absolute Gasteiger partial charge is 0.355 e. The molecule has 3 rings (SSSR count). The minimum absolute atomic E-state index is 0.212. The zero-order chi connectivity index (χ0) is 18.5. The SMILES string of the molecule is O=C1NCCCCC1C(=O)c1ccc(C(=O)C2CCCCNC2=O)cc1. The first-order valence-corrected chi connectivity index (χ1v) is 9.32. The summed E-state index contributed by atoms with van der Waals surface area (Å²) in [6, 6.07) is 6.34. The molecule has 26 heavy (non-hydrogen) atoms. The lowest BCUT2D eigenvalue weighted by Gasteiger charge is -2.14. The van der Waals surface area contributed by atoms with Gasteiger partial charge in [0.15, 0.2) is 11.6 Å². The maximum absolute atomic E-state index is 12.6. The molecule has 6 heteroatoms. The molecule has 6 nitrogen and oxygen atoms in total. The summed E-state index contributed by atoms with van der Waals surface area (Å²) < 4.78 is 0. The van der Waals surface area contributed by atoms with Crippen LogP contribution in [0.4, 0.5) is 0 Å². The second-order valence-electron chi connectivity index (χ2n) is 6.98. The molecule has 2 aliphatic heterocycles. The summed E-state index contributed by atoms with van der Waals surface area (Å²) in [6.45, 7) is 1.22. The fraction of sp³-hybridized carbons (Fsp3) is 0.500. The van der Waals surface area contributed by atoms with Gasteiger partial charge in [-0.3, -0.25) is 19.2 Å². The molecule has 0 radical (unpaired) electrons. The van der Waals surface area contributed by atoms with Crippen molar-refractivity contribution in [3.05, 3.63) is 35.4 Å². The van der Waals surface area contributed by atoms with Gasteiger partial charge in [0.05, 0.1) is 0 Å². The molecule has 0 spiro atoms. The predicted molar refractivity (Wildman–Crippen MR) is 95.8 cm³/mol. The lowest BCUT2D eigenvalue weighted by molar-refractivity contribution is -0.124. The highest BCUT2D eigenvalue weighted by Gasteiger charge is 2.30. The van der Waals surface area contributed by atoms with Crippen molar-refractivity contribution in [3.8, 4) is 0 Å². The Morgan fingerprint density at radius 2 is 1.08 bits per heavy atom. The Morgan fingerprint density at radius 3 is 1.46 bits per heavy atom. The maximum atomic E-state index is 12.6. The van der Waals surface area contributed by atoms with E-state index < -0.39 is 11.8 Å². The van der Waals surface area contributed by atoms with Crippen LogP contribution in [0.25, 0.3) is 0 Å². The van der Waals surface area contributed by atoms with E-state index in [1.807, 2.05) is 0 Å². The van der Waals surface area contributed by atoms with E-state index in [4.69, 9.17) is 0 Å². The number of hydrogen-bond donors (Lipinski definition) is 2. The van der Waals surface area contributed by atoms with Gasteiger partial charge in [0.25, 0.3) is 0 Å². The molecule has 0 bridgehead atoms. The van der Waals surface area contributed by atoms with Crippen LogP contribution in [0.15, 0.2) is 24.3 Å². The van der Waals surface area contributed by atoms with E-state index in [0.717, 1.165) is 25.7 Å². The summed E-state index contributed by atoms with van der Waals surface area (Å²) in [5.74, 6) is -2.19. The average Bonchev–Trinajstić information content (AvgIpc) is 3.00. The molecule has 1 aromatic rings. The third-order valence-electron chi connectivity index (χ3n) is 5.16. The first-order valence-electron chi connectivity index (χ1n) is 9.32. The zero-order valence-corrected chi connectivity index (χ0v) is 14.8. The van der Waals surface area contributed by atoms with Gasteiger partial charge in [-0.15, -0.1) is 0 Å². The summed E-state index contributed by atoms with van der Waals surface area (Å²) in [7, 11) is 0. The second-order valence-corrected chi connectivity index (χ2v) is 6.98. The molecular weight excluding hydrogens is 332 g/mol. The van der Waals surface area contributed by atoms with Crippen LogP contribution in [0.1, 0.15) is 59.2 Å². The number of nitrogens with one attached hydrogen (secondary N) is 2. The summed E-state index contributed by atoms with van der Waals surface area (Å²) in [5, 5.41) is 5.54. The lowest BCUT2D eigenvalue weighted by atomic mass is 9.90. The molecule has 0 aliphatic carbocycles. The lowest BCUT2D eigenvalue weighted by Crippen LogP contribution is -2.34. The number of benzene rings is 1. The van der Waals surface area contributed by atoms with Crippen molar-refractivity contribution in [1.82, 2.24) is 10.6 Å². The first-order chi connectivity index (χ1) is 12.6. The van der Waals surface area contributed by atoms with Gasteiger partial charge in [-0.1, -0.05) is 37.1 Å². The van der Waals surface area contributed by atoms with Crippen LogP contribution in [-0.4, -0.2) is 36.5 Å². The number of rotatable bonds is 4. The van der Waals surface area contributed by atoms with E-state index in [1.54, 1.807) is 24.3 Å². The highest BCUT2D eigenvalue weighted by Crippen LogP contribution is 2.21. The molecule has 2 fully saturated rings. The van der Waals surface area contributed by atoms with Gasteiger partial charge in [-0.05, 0) is 25.7 Å². The summed E-state index contributed by atoms with van der Waals surface area (Å²) in [4.78, 5) is 49.4. The van der Waals surface area contributed by atoms with E-state index in [-0.39, 0.29) is 23.4 Å². The summed E-state index contributed by atoms with van der Waals surface area (Å²) >= 11 is 0. The molecule has 0 saturated carbocycles. The summed E-state index contributed by atoms with van der Waals surface area (Å²) in [5.41, 5.74) is 0.850. The fourth-order valence-corrected chi connectivity index (χ4v) is 3.58. The van der Waals surface area contributed by atoms with Crippen molar-refractivity contribution in [3.63, 3.8) is 0 Å². The van der Waals surface area contributed by atoms with Gasteiger partial charge < -0.3 is 10.6 Å². The van der Waals surface area contributed by atoms with Crippen LogP contribution in [0.3, 0.4) is 0 Å². The monoisotopic (exact) mass is 356 g/mol. The Labute approximate surface area is 152 Å². The van der Waals surface area contributed by atoms with Gasteiger partial charge in [-0.25, -0.2) is 0 Å². The number of amides is 2. The molecule has 2 aliphatic rings. The van der Waals surface area contributed by atoms with E-state index in [9.17, 15) is 19.2 Å². The molecule has 2 atom stereocenters. The smallest absolute Gasteiger partial charge is 0.230 e. The molecule has 1 aromatic carbocycles. The standard InChI is InChI=1S/C20H24N2O4/c23-17(15-5-1-3-11-21-19(15)25)13-7-9-14(10-8-13)18(24)16-6-2-4-12-22-20(16)26/h7-10,15-16H,1-6,11-12H2,(H,21,25)(H,22,26). The van der Waals surface area contributed by atoms with E-state index in [0.29, 0.717) is 37.1 Å². The van der Waals surface area contributed by atoms with Gasteiger partial charge in [-0.2, -0.15) is 0 Å². The zero-order valence-electron chi connectivity index (χ0n) is 14.8. The van der Waals surface area contributed by atoms with Crippen molar-refractivity contribution in [2.75, 3.05) is 13.1 Å². The van der Waals surface area contributed by atoms with Crippen LogP contribution >= 0.6 is 0 Å². The Hall–Kier alpha value is -2.50. The average molecular weight is 356 g/mol. The van der Waals surface area contributed by atoms with Crippen LogP contribution in [-0.2, 0) is 9.59 Å². The quantitative estimate of drug-likeness (QED) is 0.636. The van der Waals surface area contributed by atoms with Crippen LogP contribution < -0.4 is 10.6 Å². The number of carbonyl (C=O) groups is 4. The van der Waals surface area contributed by atoms with Crippen molar-refractivity contribution in [2.24, 2.45) is 11.8 Å². The molecule has 2 unspecified atom stereocenters. The normalized spacial score (nSPS) is 24.0. The molecule has 2 heterocycles. The molecule has 2 N–H and O–H groups in total. The van der Waals surface area contributed by atoms with Gasteiger partial charge in [0.2, 0.25) is 11.8 Å². The van der Waals surface area contributed by atoms with E-state index >= 15 is 0 Å². The predicted octanol–water partition coefficient (Wildman–Crippen LogP) is 1.88. The fourth-order valence-electron chi connectivity index (χ4n) is 3.58. The number of ketones is 2. The maximum Gasteiger partial charge on any atom is 0.230 e. The Kier molecular flexibility index (Phi) is 5.81. The van der Waals surface area contributed by atoms with Crippen molar-refractivity contribution in [1.29, 1.82) is 0 Å². The summed E-state index contributed by atoms with van der Waals surface area (Å²) in [6.07, 6.45) is 4.53. The first kappa shape index (κ1) is 18.3. The molecule has 0 aromatic heterocycles. The van der Waals surface area contributed by atoms with Crippen LogP contribution in [0, 0.1) is 11.8 Å². The number of Topliss-reactive ketones (excluding diaryl/α,β-unsaturated/α-hetero) is 2. The molecular formula is C20H24N2O4. The Bertz CT molecular complexity index is 650. The highest BCUT2D eigenvalue weighted by molar-refractivity contribution is 6.12. The Morgan fingerprint density at radius 1 is 0.692 bits per heavy atom. The number of carbonyl (C=O) groups excluding carboxylic acids is 4. The third kappa shape index (κ3) is 4.00. The van der Waals surface area contributed by atoms with Gasteiger partial charge in [0.1, 0.15) is 11.8 Å². The van der Waals surface area contributed by atoms with Gasteiger partial charge >= 0.3 is 0 Å². The van der Waals surface area contributed by atoms with E-state index in [1.165, 1.54) is 0 Å². The third-order valence-corrected chi connectivity index (χ3v) is 5.16. The molecule has 138 valence electrons. The topological polar surface area (TPSA) is 92.3 Å².